The first-order valence-corrected chi connectivity index (χ1v) is 8.14. The molecule has 2 aliphatic rings. The van der Waals surface area contributed by atoms with Gasteiger partial charge in [0.25, 0.3) is 5.91 Å². The fourth-order valence-electron chi connectivity index (χ4n) is 3.21. The molecule has 0 bridgehead atoms. The Hall–Kier alpha value is -2.64. The van der Waals surface area contributed by atoms with E-state index in [1.54, 1.807) is 11.9 Å². The SMILES string of the molecule is CN1C[C@@]2(CCN(C(=O)CCNC(=O)c3ccc(F)cc3)C2)OC1=O. The van der Waals surface area contributed by atoms with Gasteiger partial charge in [0.1, 0.15) is 5.82 Å². The molecular weight excluding hydrogens is 329 g/mol. The second-order valence-corrected chi connectivity index (χ2v) is 6.49. The van der Waals surface area contributed by atoms with Gasteiger partial charge in [-0.25, -0.2) is 9.18 Å². The lowest BCUT2D eigenvalue weighted by Crippen LogP contribution is -2.40. The number of hydrogen-bond donors (Lipinski definition) is 1. The lowest BCUT2D eigenvalue weighted by atomic mass is 10.0. The third kappa shape index (κ3) is 3.72. The van der Waals surface area contributed by atoms with Crippen molar-refractivity contribution in [2.75, 3.05) is 33.2 Å². The van der Waals surface area contributed by atoms with E-state index in [0.717, 1.165) is 0 Å². The molecule has 8 heteroatoms. The van der Waals surface area contributed by atoms with E-state index >= 15 is 0 Å². The number of carbonyl (C=O) groups is 3. The smallest absolute Gasteiger partial charge is 0.410 e. The number of hydrogen-bond acceptors (Lipinski definition) is 4. The molecule has 0 radical (unpaired) electrons. The Morgan fingerprint density at radius 1 is 1.28 bits per heavy atom. The first-order chi connectivity index (χ1) is 11.9. The zero-order valence-corrected chi connectivity index (χ0v) is 14.0. The van der Waals surface area contributed by atoms with E-state index in [4.69, 9.17) is 4.74 Å². The normalized spacial score (nSPS) is 22.4. The first kappa shape index (κ1) is 17.2. The largest absolute Gasteiger partial charge is 0.439 e. The third-order valence-corrected chi connectivity index (χ3v) is 4.54. The lowest BCUT2D eigenvalue weighted by Gasteiger charge is -2.21. The van der Waals surface area contributed by atoms with Gasteiger partial charge in [-0.05, 0) is 24.3 Å². The van der Waals surface area contributed by atoms with Crippen LogP contribution in [0.3, 0.4) is 0 Å². The van der Waals surface area contributed by atoms with Crippen molar-refractivity contribution >= 4 is 17.9 Å². The van der Waals surface area contributed by atoms with Gasteiger partial charge in [-0.1, -0.05) is 0 Å². The van der Waals surface area contributed by atoms with Crippen LogP contribution in [0.1, 0.15) is 23.2 Å². The van der Waals surface area contributed by atoms with Crippen LogP contribution < -0.4 is 5.32 Å². The Labute approximate surface area is 144 Å². The summed E-state index contributed by atoms with van der Waals surface area (Å²) in [6, 6.07) is 5.20. The van der Waals surface area contributed by atoms with Crippen molar-refractivity contribution in [3.63, 3.8) is 0 Å². The molecule has 2 saturated heterocycles. The summed E-state index contributed by atoms with van der Waals surface area (Å²) in [5.74, 6) is -0.855. The van der Waals surface area contributed by atoms with Crippen molar-refractivity contribution in [2.24, 2.45) is 0 Å². The molecule has 0 aromatic heterocycles. The number of likely N-dealkylation sites (N-methyl/N-ethyl adjacent to an activating group) is 1. The molecule has 1 atom stereocenters. The molecule has 2 heterocycles. The highest BCUT2D eigenvalue weighted by Gasteiger charge is 2.49. The minimum absolute atomic E-state index is 0.0955. The highest BCUT2D eigenvalue weighted by molar-refractivity contribution is 5.94. The first-order valence-electron chi connectivity index (χ1n) is 8.14. The Morgan fingerprint density at radius 2 is 2.00 bits per heavy atom. The van der Waals surface area contributed by atoms with E-state index in [2.05, 4.69) is 5.32 Å². The maximum Gasteiger partial charge on any atom is 0.410 e. The molecule has 0 aliphatic carbocycles. The summed E-state index contributed by atoms with van der Waals surface area (Å²) in [7, 11) is 1.67. The zero-order valence-electron chi connectivity index (χ0n) is 14.0. The van der Waals surface area contributed by atoms with E-state index in [-0.39, 0.29) is 30.9 Å². The molecule has 1 aromatic rings. The Balaban J connectivity index is 1.45. The summed E-state index contributed by atoms with van der Waals surface area (Å²) >= 11 is 0. The van der Waals surface area contributed by atoms with Crippen molar-refractivity contribution in [1.29, 1.82) is 0 Å². The fourth-order valence-corrected chi connectivity index (χ4v) is 3.21. The molecule has 25 heavy (non-hydrogen) atoms. The van der Waals surface area contributed by atoms with E-state index in [0.29, 0.717) is 31.6 Å². The quantitative estimate of drug-likeness (QED) is 0.880. The number of likely N-dealkylation sites (tertiary alicyclic amines) is 1. The molecule has 7 nitrogen and oxygen atoms in total. The number of nitrogens with one attached hydrogen (secondary N) is 1. The summed E-state index contributed by atoms with van der Waals surface area (Å²) in [4.78, 5) is 38.9. The lowest BCUT2D eigenvalue weighted by molar-refractivity contribution is -0.130. The number of rotatable bonds is 4. The van der Waals surface area contributed by atoms with Crippen LogP contribution in [0.4, 0.5) is 9.18 Å². The van der Waals surface area contributed by atoms with Gasteiger partial charge in [0.05, 0.1) is 13.1 Å². The van der Waals surface area contributed by atoms with Gasteiger partial charge in [0, 0.05) is 38.5 Å². The summed E-state index contributed by atoms with van der Waals surface area (Å²) in [6.45, 7) is 1.59. The van der Waals surface area contributed by atoms with Gasteiger partial charge in [0.2, 0.25) is 5.91 Å². The molecule has 3 rings (SSSR count). The topological polar surface area (TPSA) is 78.9 Å². The van der Waals surface area contributed by atoms with Crippen LogP contribution >= 0.6 is 0 Å². The van der Waals surface area contributed by atoms with Crippen molar-refractivity contribution in [1.82, 2.24) is 15.1 Å². The number of benzene rings is 1. The van der Waals surface area contributed by atoms with Crippen LogP contribution in [0.25, 0.3) is 0 Å². The van der Waals surface area contributed by atoms with E-state index in [1.165, 1.54) is 29.2 Å². The zero-order chi connectivity index (χ0) is 18.0. The Kier molecular flexibility index (Phi) is 4.61. The van der Waals surface area contributed by atoms with E-state index in [9.17, 15) is 18.8 Å². The van der Waals surface area contributed by atoms with Crippen LogP contribution in [-0.2, 0) is 9.53 Å². The minimum atomic E-state index is -0.598. The molecule has 0 saturated carbocycles. The average Bonchev–Trinajstić information content (AvgIpc) is 3.10. The summed E-state index contributed by atoms with van der Waals surface area (Å²) in [5.41, 5.74) is -0.256. The molecule has 1 aromatic carbocycles. The maximum atomic E-state index is 12.8. The molecule has 2 fully saturated rings. The molecule has 134 valence electrons. The maximum absolute atomic E-state index is 12.8. The number of ether oxygens (including phenoxy) is 1. The van der Waals surface area contributed by atoms with Crippen LogP contribution in [0.2, 0.25) is 0 Å². The molecular formula is C17H20FN3O4. The standard InChI is InChI=1S/C17H20FN3O4/c1-20-10-17(25-16(20)24)7-9-21(11-17)14(22)6-8-19-15(23)12-2-4-13(18)5-3-12/h2-5H,6-11H2,1H3,(H,19,23)/t17-/m1/s1. The van der Waals surface area contributed by atoms with E-state index < -0.39 is 11.4 Å². The van der Waals surface area contributed by atoms with Crippen molar-refractivity contribution in [3.05, 3.63) is 35.6 Å². The number of nitrogens with zero attached hydrogens (tertiary/aromatic N) is 2. The summed E-state index contributed by atoms with van der Waals surface area (Å²) in [6.07, 6.45) is 0.421. The fraction of sp³-hybridized carbons (Fsp3) is 0.471. The molecule has 3 amide bonds. The molecule has 1 N–H and O–H groups in total. The highest BCUT2D eigenvalue weighted by atomic mass is 19.1. The molecule has 1 spiro atoms. The molecule has 2 aliphatic heterocycles. The van der Waals surface area contributed by atoms with Crippen LogP contribution in [0.5, 0.6) is 0 Å². The van der Waals surface area contributed by atoms with Gasteiger partial charge < -0.3 is 19.9 Å². The summed E-state index contributed by atoms with van der Waals surface area (Å²) < 4.78 is 18.2. The van der Waals surface area contributed by atoms with Crippen molar-refractivity contribution in [2.45, 2.75) is 18.4 Å². The van der Waals surface area contributed by atoms with E-state index in [1.807, 2.05) is 0 Å². The van der Waals surface area contributed by atoms with Crippen molar-refractivity contribution in [3.8, 4) is 0 Å². The highest BCUT2D eigenvalue weighted by Crippen LogP contribution is 2.31. The monoisotopic (exact) mass is 349 g/mol. The van der Waals surface area contributed by atoms with Crippen LogP contribution in [0, 0.1) is 5.82 Å². The third-order valence-electron chi connectivity index (χ3n) is 4.54. The minimum Gasteiger partial charge on any atom is -0.439 e. The number of halogens is 1. The second-order valence-electron chi connectivity index (χ2n) is 6.49. The van der Waals surface area contributed by atoms with Gasteiger partial charge >= 0.3 is 6.09 Å². The molecule has 0 unspecified atom stereocenters. The van der Waals surface area contributed by atoms with Crippen LogP contribution in [0.15, 0.2) is 24.3 Å². The predicted molar refractivity (Wildman–Crippen MR) is 86.4 cm³/mol. The van der Waals surface area contributed by atoms with Gasteiger partial charge in [-0.2, -0.15) is 0 Å². The number of carbonyl (C=O) groups excluding carboxylic acids is 3. The van der Waals surface area contributed by atoms with Gasteiger partial charge in [-0.3, -0.25) is 9.59 Å². The Morgan fingerprint density at radius 3 is 2.64 bits per heavy atom. The van der Waals surface area contributed by atoms with Gasteiger partial charge in [0.15, 0.2) is 5.60 Å². The van der Waals surface area contributed by atoms with Crippen LogP contribution in [-0.4, -0.2) is 66.5 Å². The van der Waals surface area contributed by atoms with Gasteiger partial charge in [-0.15, -0.1) is 0 Å². The predicted octanol–water partition coefficient (Wildman–Crippen LogP) is 0.999. The number of amides is 3. The van der Waals surface area contributed by atoms with Crippen molar-refractivity contribution < 1.29 is 23.5 Å². The summed E-state index contributed by atoms with van der Waals surface area (Å²) in [5, 5.41) is 2.65. The average molecular weight is 349 g/mol. The second kappa shape index (κ2) is 6.70. The Bertz CT molecular complexity index is 694.